The lowest BCUT2D eigenvalue weighted by molar-refractivity contribution is -0.118. The molecule has 120 valence electrons. The molecule has 0 heterocycles. The van der Waals surface area contributed by atoms with E-state index >= 15 is 0 Å². The molecule has 0 saturated heterocycles. The fourth-order valence-corrected chi connectivity index (χ4v) is 1.82. The van der Waals surface area contributed by atoms with Gasteiger partial charge in [-0.25, -0.2) is 8.78 Å². The highest BCUT2D eigenvalue weighted by molar-refractivity contribution is 6.04. The van der Waals surface area contributed by atoms with Gasteiger partial charge in [-0.15, -0.1) is 0 Å². The Morgan fingerprint density at radius 3 is 1.96 bits per heavy atom. The minimum absolute atomic E-state index is 0.0321. The van der Waals surface area contributed by atoms with Crippen LogP contribution >= 0.6 is 0 Å². The van der Waals surface area contributed by atoms with Gasteiger partial charge < -0.3 is 10.6 Å². The molecular formula is C17H16F2N2O2. The van der Waals surface area contributed by atoms with E-state index in [2.05, 4.69) is 10.6 Å². The number of hydrogen-bond acceptors (Lipinski definition) is 2. The molecular weight excluding hydrogens is 302 g/mol. The number of carbonyl (C=O) groups excluding carboxylic acids is 2. The van der Waals surface area contributed by atoms with Gasteiger partial charge in [-0.3, -0.25) is 9.59 Å². The second-order valence-corrected chi connectivity index (χ2v) is 5.33. The second-order valence-electron chi connectivity index (χ2n) is 5.33. The number of rotatable bonds is 4. The second kappa shape index (κ2) is 7.00. The summed E-state index contributed by atoms with van der Waals surface area (Å²) in [5, 5.41) is 5.11. The molecule has 0 bridgehead atoms. The molecule has 2 aromatic rings. The van der Waals surface area contributed by atoms with Crippen LogP contribution in [-0.4, -0.2) is 11.8 Å². The molecule has 0 aliphatic heterocycles. The van der Waals surface area contributed by atoms with E-state index in [9.17, 15) is 18.4 Å². The van der Waals surface area contributed by atoms with Crippen LogP contribution < -0.4 is 10.6 Å². The zero-order valence-electron chi connectivity index (χ0n) is 12.7. The van der Waals surface area contributed by atoms with E-state index in [0.717, 1.165) is 18.2 Å². The first-order chi connectivity index (χ1) is 10.8. The average Bonchev–Trinajstić information content (AvgIpc) is 2.46. The zero-order chi connectivity index (χ0) is 17.0. The van der Waals surface area contributed by atoms with Crippen LogP contribution in [0.1, 0.15) is 24.2 Å². The number of anilines is 2. The predicted octanol–water partition coefficient (Wildman–Crippen LogP) is 3.81. The highest BCUT2D eigenvalue weighted by Gasteiger charge is 2.10. The monoisotopic (exact) mass is 318 g/mol. The normalized spacial score (nSPS) is 10.5. The molecule has 2 N–H and O–H groups in total. The fourth-order valence-electron chi connectivity index (χ4n) is 1.82. The Hall–Kier alpha value is -2.76. The zero-order valence-corrected chi connectivity index (χ0v) is 12.7. The highest BCUT2D eigenvalue weighted by atomic mass is 19.1. The van der Waals surface area contributed by atoms with E-state index in [1.165, 1.54) is 12.1 Å². The molecule has 23 heavy (non-hydrogen) atoms. The standard InChI is InChI=1S/C17H16F2N2O2/c1-10(2)16(22)20-14-5-3-11(4-6-14)17(23)21-15-8-12(18)7-13(19)9-15/h3-10H,1-2H3,(H,20,22)(H,21,23). The van der Waals surface area contributed by atoms with Crippen molar-refractivity contribution in [1.82, 2.24) is 0 Å². The Kier molecular flexibility index (Phi) is 5.05. The van der Waals surface area contributed by atoms with Crippen molar-refractivity contribution in [3.8, 4) is 0 Å². The molecule has 4 nitrogen and oxygen atoms in total. The van der Waals surface area contributed by atoms with E-state index in [1.807, 2.05) is 0 Å². The van der Waals surface area contributed by atoms with Gasteiger partial charge in [0.25, 0.3) is 5.91 Å². The number of amides is 2. The van der Waals surface area contributed by atoms with E-state index in [4.69, 9.17) is 0 Å². The Bertz CT molecular complexity index is 708. The fraction of sp³-hybridized carbons (Fsp3) is 0.176. The molecule has 0 atom stereocenters. The smallest absolute Gasteiger partial charge is 0.255 e. The summed E-state index contributed by atoms with van der Waals surface area (Å²) in [5.41, 5.74) is 0.902. The molecule has 0 unspecified atom stereocenters. The van der Waals surface area contributed by atoms with E-state index < -0.39 is 17.5 Å². The Labute approximate surface area is 132 Å². The SMILES string of the molecule is CC(C)C(=O)Nc1ccc(C(=O)Nc2cc(F)cc(F)c2)cc1. The maximum Gasteiger partial charge on any atom is 0.255 e. The topological polar surface area (TPSA) is 58.2 Å². The predicted molar refractivity (Wildman–Crippen MR) is 84.2 cm³/mol. The maximum atomic E-state index is 13.1. The lowest BCUT2D eigenvalue weighted by atomic mass is 10.1. The van der Waals surface area contributed by atoms with Crippen LogP contribution in [-0.2, 0) is 4.79 Å². The largest absolute Gasteiger partial charge is 0.326 e. The Balaban J connectivity index is 2.06. The van der Waals surface area contributed by atoms with E-state index in [0.29, 0.717) is 11.3 Å². The molecule has 0 aromatic heterocycles. The molecule has 0 fully saturated rings. The first kappa shape index (κ1) is 16.6. The van der Waals surface area contributed by atoms with Crippen molar-refractivity contribution >= 4 is 23.2 Å². The van der Waals surface area contributed by atoms with Crippen molar-refractivity contribution in [2.45, 2.75) is 13.8 Å². The lowest BCUT2D eigenvalue weighted by Gasteiger charge is -2.09. The quantitative estimate of drug-likeness (QED) is 0.900. The maximum absolute atomic E-state index is 13.1. The third kappa shape index (κ3) is 4.60. The van der Waals surface area contributed by atoms with Gasteiger partial charge in [0.1, 0.15) is 11.6 Å². The van der Waals surface area contributed by atoms with Crippen LogP contribution in [0, 0.1) is 17.6 Å². The Morgan fingerprint density at radius 1 is 0.870 bits per heavy atom. The van der Waals surface area contributed by atoms with Crippen LogP contribution in [0.5, 0.6) is 0 Å². The molecule has 6 heteroatoms. The molecule has 0 saturated carbocycles. The average molecular weight is 318 g/mol. The van der Waals surface area contributed by atoms with Crippen LogP contribution in [0.4, 0.5) is 20.2 Å². The first-order valence-corrected chi connectivity index (χ1v) is 7.03. The van der Waals surface area contributed by atoms with Gasteiger partial charge in [-0.1, -0.05) is 13.8 Å². The number of carbonyl (C=O) groups is 2. The number of hydrogen-bond donors (Lipinski definition) is 2. The van der Waals surface area contributed by atoms with Crippen LogP contribution in [0.2, 0.25) is 0 Å². The van der Waals surface area contributed by atoms with E-state index in [1.54, 1.807) is 26.0 Å². The summed E-state index contributed by atoms with van der Waals surface area (Å²) in [6.45, 7) is 3.55. The molecule has 0 spiro atoms. The first-order valence-electron chi connectivity index (χ1n) is 7.03. The minimum Gasteiger partial charge on any atom is -0.326 e. The Morgan fingerprint density at radius 2 is 1.43 bits per heavy atom. The summed E-state index contributed by atoms with van der Waals surface area (Å²) in [7, 11) is 0. The van der Waals surface area contributed by atoms with Crippen molar-refractivity contribution in [1.29, 1.82) is 0 Å². The third-order valence-corrected chi connectivity index (χ3v) is 3.06. The summed E-state index contributed by atoms with van der Waals surface area (Å²) >= 11 is 0. The van der Waals surface area contributed by atoms with Gasteiger partial charge in [-0.05, 0) is 36.4 Å². The molecule has 0 radical (unpaired) electrons. The van der Waals surface area contributed by atoms with Gasteiger partial charge in [0, 0.05) is 28.9 Å². The van der Waals surface area contributed by atoms with Gasteiger partial charge in [0.05, 0.1) is 0 Å². The van der Waals surface area contributed by atoms with Gasteiger partial charge in [0.15, 0.2) is 0 Å². The van der Waals surface area contributed by atoms with Crippen LogP contribution in [0.25, 0.3) is 0 Å². The van der Waals surface area contributed by atoms with Crippen molar-refractivity contribution in [3.05, 3.63) is 59.7 Å². The minimum atomic E-state index is -0.771. The van der Waals surface area contributed by atoms with Crippen molar-refractivity contribution in [3.63, 3.8) is 0 Å². The summed E-state index contributed by atoms with van der Waals surface area (Å²) in [5.74, 6) is -2.32. The summed E-state index contributed by atoms with van der Waals surface area (Å²) in [6, 6.07) is 8.98. The highest BCUT2D eigenvalue weighted by Crippen LogP contribution is 2.16. The molecule has 2 amide bonds. The number of benzene rings is 2. The van der Waals surface area contributed by atoms with Gasteiger partial charge >= 0.3 is 0 Å². The third-order valence-electron chi connectivity index (χ3n) is 3.06. The van der Waals surface area contributed by atoms with Crippen molar-refractivity contribution in [2.75, 3.05) is 10.6 Å². The van der Waals surface area contributed by atoms with Gasteiger partial charge in [0.2, 0.25) is 5.91 Å². The van der Waals surface area contributed by atoms with Gasteiger partial charge in [-0.2, -0.15) is 0 Å². The van der Waals surface area contributed by atoms with Crippen LogP contribution in [0.3, 0.4) is 0 Å². The summed E-state index contributed by atoms with van der Waals surface area (Å²) in [4.78, 5) is 23.6. The molecule has 0 aliphatic carbocycles. The molecule has 2 aromatic carbocycles. The van der Waals surface area contributed by atoms with Crippen molar-refractivity contribution < 1.29 is 18.4 Å². The van der Waals surface area contributed by atoms with Crippen molar-refractivity contribution in [2.24, 2.45) is 5.92 Å². The van der Waals surface area contributed by atoms with Crippen LogP contribution in [0.15, 0.2) is 42.5 Å². The number of nitrogens with one attached hydrogen (secondary N) is 2. The number of halogens is 2. The molecule has 0 aliphatic rings. The lowest BCUT2D eigenvalue weighted by Crippen LogP contribution is -2.18. The van der Waals surface area contributed by atoms with E-state index in [-0.39, 0.29) is 17.5 Å². The molecule has 2 rings (SSSR count). The summed E-state index contributed by atoms with van der Waals surface area (Å²) < 4.78 is 26.2. The summed E-state index contributed by atoms with van der Waals surface area (Å²) in [6.07, 6.45) is 0.